The van der Waals surface area contributed by atoms with Gasteiger partial charge in [-0.1, -0.05) is 36.4 Å². The molecule has 0 unspecified atom stereocenters. The quantitative estimate of drug-likeness (QED) is 0.746. The molecule has 2 aromatic rings. The molecule has 2 aromatic carbocycles. The lowest BCUT2D eigenvalue weighted by atomic mass is 9.94. The summed E-state index contributed by atoms with van der Waals surface area (Å²) in [6, 6.07) is 19.4. The van der Waals surface area contributed by atoms with Gasteiger partial charge >= 0.3 is 0 Å². The van der Waals surface area contributed by atoms with Gasteiger partial charge in [0.25, 0.3) is 0 Å². The third-order valence-corrected chi connectivity index (χ3v) is 5.85. The van der Waals surface area contributed by atoms with Crippen LogP contribution in [0.15, 0.2) is 54.6 Å². The molecule has 0 radical (unpaired) electrons. The molecule has 4 heteroatoms. The molecule has 0 amide bonds. The van der Waals surface area contributed by atoms with E-state index in [1.54, 1.807) is 7.11 Å². The van der Waals surface area contributed by atoms with Gasteiger partial charge in [0, 0.05) is 44.8 Å². The van der Waals surface area contributed by atoms with Crippen LogP contribution in [0.2, 0.25) is 0 Å². The van der Waals surface area contributed by atoms with Gasteiger partial charge in [-0.15, -0.1) is 0 Å². The van der Waals surface area contributed by atoms with Crippen LogP contribution in [0.25, 0.3) is 0 Å². The number of fused-ring (bicyclic) bond motifs is 4. The van der Waals surface area contributed by atoms with Crippen molar-refractivity contribution >= 4 is 0 Å². The Kier molecular flexibility index (Phi) is 5.95. The zero-order valence-corrected chi connectivity index (χ0v) is 16.2. The second-order valence-corrected chi connectivity index (χ2v) is 7.80. The van der Waals surface area contributed by atoms with E-state index in [0.29, 0.717) is 6.04 Å². The first-order valence-corrected chi connectivity index (χ1v) is 10.1. The van der Waals surface area contributed by atoms with E-state index in [1.807, 2.05) is 24.3 Å². The first-order valence-electron chi connectivity index (χ1n) is 10.1. The van der Waals surface area contributed by atoms with Crippen LogP contribution in [-0.2, 0) is 6.54 Å². The van der Waals surface area contributed by atoms with Crippen molar-refractivity contribution in [3.8, 4) is 11.5 Å². The Bertz CT molecular complexity index is 721. The lowest BCUT2D eigenvalue weighted by molar-refractivity contribution is 0.122. The second-order valence-electron chi connectivity index (χ2n) is 7.80. The maximum atomic E-state index is 5.97. The summed E-state index contributed by atoms with van der Waals surface area (Å²) in [5.41, 5.74) is 1.43. The topological polar surface area (TPSA) is 24.9 Å². The van der Waals surface area contributed by atoms with Crippen molar-refractivity contribution in [3.05, 3.63) is 60.2 Å². The molecule has 0 saturated carbocycles. The van der Waals surface area contributed by atoms with Crippen LogP contribution in [0.4, 0.5) is 0 Å². The molecular weight excluding hydrogens is 336 g/mol. The Labute approximate surface area is 162 Å². The molecule has 5 rings (SSSR count). The Morgan fingerprint density at radius 3 is 2.63 bits per heavy atom. The maximum absolute atomic E-state index is 5.97. The molecular formula is C23H30N2O2. The largest absolute Gasteiger partial charge is 0.497 e. The molecule has 0 aliphatic carbocycles. The average Bonchev–Trinajstić information content (AvgIpc) is 3.00. The molecule has 0 aromatic heterocycles. The summed E-state index contributed by atoms with van der Waals surface area (Å²) in [6.07, 6.45) is 2.69. The number of ether oxygens (including phenoxy) is 2. The van der Waals surface area contributed by atoms with Gasteiger partial charge in [0.05, 0.1) is 7.11 Å². The van der Waals surface area contributed by atoms with Gasteiger partial charge in [-0.3, -0.25) is 9.80 Å². The normalized spacial score (nSPS) is 23.1. The van der Waals surface area contributed by atoms with E-state index in [1.165, 1.54) is 31.5 Å². The highest BCUT2D eigenvalue weighted by atomic mass is 16.5. The molecule has 4 nitrogen and oxygen atoms in total. The third kappa shape index (κ3) is 4.82. The van der Waals surface area contributed by atoms with E-state index in [-0.39, 0.29) is 0 Å². The summed E-state index contributed by atoms with van der Waals surface area (Å²) < 4.78 is 11.2. The van der Waals surface area contributed by atoms with Gasteiger partial charge in [0.15, 0.2) is 0 Å². The van der Waals surface area contributed by atoms with Gasteiger partial charge in [0.1, 0.15) is 18.1 Å². The number of hydrogen-bond donors (Lipinski definition) is 0. The zero-order valence-electron chi connectivity index (χ0n) is 16.2. The van der Waals surface area contributed by atoms with Crippen LogP contribution in [-0.4, -0.2) is 55.7 Å². The zero-order chi connectivity index (χ0) is 18.5. The molecule has 0 N–H and O–H groups in total. The number of rotatable bonds is 7. The standard InChI is InChI=1S/C23H30N2O2/c1-26-22-8-5-9-23(14-22)27-13-12-24-15-20-10-11-21(18-24)25(17-20)16-19-6-3-2-4-7-19/h2-9,14,20-21H,10-13,15-18H2,1H3/t20-,21+/m1/s1. The summed E-state index contributed by atoms with van der Waals surface area (Å²) in [5, 5.41) is 0. The molecule has 2 bridgehead atoms. The Balaban J connectivity index is 1.30. The maximum Gasteiger partial charge on any atom is 0.123 e. The number of piperidine rings is 1. The molecule has 3 saturated heterocycles. The van der Waals surface area contributed by atoms with Gasteiger partial charge in [0.2, 0.25) is 0 Å². The minimum absolute atomic E-state index is 0.667. The molecule has 27 heavy (non-hydrogen) atoms. The minimum Gasteiger partial charge on any atom is -0.497 e. The summed E-state index contributed by atoms with van der Waals surface area (Å²) in [6.45, 7) is 6.38. The van der Waals surface area contributed by atoms with Crippen molar-refractivity contribution < 1.29 is 9.47 Å². The van der Waals surface area contributed by atoms with Crippen molar-refractivity contribution in [2.45, 2.75) is 25.4 Å². The van der Waals surface area contributed by atoms with Crippen LogP contribution in [0.5, 0.6) is 11.5 Å². The molecule has 3 fully saturated rings. The molecule has 0 spiro atoms. The SMILES string of the molecule is COc1cccc(OCCN2C[C@H]3CC[C@@H](C2)N(Cc2ccccc2)C3)c1. The smallest absolute Gasteiger partial charge is 0.123 e. The lowest BCUT2D eigenvalue weighted by Crippen LogP contribution is -2.43. The number of benzene rings is 2. The predicted molar refractivity (Wildman–Crippen MR) is 108 cm³/mol. The summed E-state index contributed by atoms with van der Waals surface area (Å²) in [7, 11) is 1.69. The van der Waals surface area contributed by atoms with E-state index in [2.05, 4.69) is 40.1 Å². The van der Waals surface area contributed by atoms with Crippen LogP contribution in [0, 0.1) is 5.92 Å². The van der Waals surface area contributed by atoms with Crippen LogP contribution in [0.1, 0.15) is 18.4 Å². The van der Waals surface area contributed by atoms with Crippen molar-refractivity contribution in [2.75, 3.05) is 39.9 Å². The van der Waals surface area contributed by atoms with E-state index in [9.17, 15) is 0 Å². The first-order chi connectivity index (χ1) is 13.3. The number of methoxy groups -OCH3 is 1. The number of hydrogen-bond acceptors (Lipinski definition) is 4. The third-order valence-electron chi connectivity index (χ3n) is 5.85. The summed E-state index contributed by atoms with van der Waals surface area (Å²) >= 11 is 0. The fourth-order valence-corrected chi connectivity index (χ4v) is 4.45. The molecule has 3 heterocycles. The first kappa shape index (κ1) is 18.3. The van der Waals surface area contributed by atoms with Gasteiger partial charge in [-0.2, -0.15) is 0 Å². The highest BCUT2D eigenvalue weighted by Crippen LogP contribution is 2.29. The van der Waals surface area contributed by atoms with E-state index in [0.717, 1.165) is 43.7 Å². The van der Waals surface area contributed by atoms with Crippen molar-refractivity contribution in [2.24, 2.45) is 5.92 Å². The molecule has 3 aliphatic heterocycles. The lowest BCUT2D eigenvalue weighted by Gasteiger charge is -2.36. The molecule has 3 aliphatic rings. The number of nitrogens with zero attached hydrogens (tertiary/aromatic N) is 2. The van der Waals surface area contributed by atoms with Gasteiger partial charge in [-0.25, -0.2) is 0 Å². The Morgan fingerprint density at radius 2 is 1.78 bits per heavy atom. The molecule has 2 atom stereocenters. The van der Waals surface area contributed by atoms with E-state index in [4.69, 9.17) is 9.47 Å². The van der Waals surface area contributed by atoms with Crippen LogP contribution < -0.4 is 9.47 Å². The van der Waals surface area contributed by atoms with Crippen molar-refractivity contribution in [3.63, 3.8) is 0 Å². The minimum atomic E-state index is 0.667. The van der Waals surface area contributed by atoms with E-state index < -0.39 is 0 Å². The van der Waals surface area contributed by atoms with Gasteiger partial charge in [-0.05, 0) is 36.5 Å². The summed E-state index contributed by atoms with van der Waals surface area (Å²) in [4.78, 5) is 5.31. The fourth-order valence-electron chi connectivity index (χ4n) is 4.45. The Hall–Kier alpha value is -2.04. The fraction of sp³-hybridized carbons (Fsp3) is 0.478. The van der Waals surface area contributed by atoms with Crippen molar-refractivity contribution in [1.29, 1.82) is 0 Å². The molecule has 144 valence electrons. The van der Waals surface area contributed by atoms with Crippen molar-refractivity contribution in [1.82, 2.24) is 9.80 Å². The average molecular weight is 367 g/mol. The highest BCUT2D eigenvalue weighted by molar-refractivity contribution is 5.32. The van der Waals surface area contributed by atoms with Gasteiger partial charge < -0.3 is 9.47 Å². The monoisotopic (exact) mass is 366 g/mol. The van der Waals surface area contributed by atoms with Crippen LogP contribution >= 0.6 is 0 Å². The van der Waals surface area contributed by atoms with Crippen LogP contribution in [0.3, 0.4) is 0 Å². The Morgan fingerprint density at radius 1 is 0.926 bits per heavy atom. The van der Waals surface area contributed by atoms with E-state index >= 15 is 0 Å². The summed E-state index contributed by atoms with van der Waals surface area (Å²) in [5.74, 6) is 2.51. The second kappa shape index (κ2) is 8.77. The predicted octanol–water partition coefficient (Wildman–Crippen LogP) is 3.67. The highest BCUT2D eigenvalue weighted by Gasteiger charge is 2.34.